The molecule has 1 amide bonds. The van der Waals surface area contributed by atoms with Gasteiger partial charge in [-0.2, -0.15) is 5.10 Å². The zero-order valence-electron chi connectivity index (χ0n) is 20.0. The van der Waals surface area contributed by atoms with Crippen molar-refractivity contribution in [2.24, 2.45) is 5.92 Å². The van der Waals surface area contributed by atoms with Crippen LogP contribution >= 0.6 is 0 Å². The predicted octanol–water partition coefficient (Wildman–Crippen LogP) is 4.80. The fourth-order valence-corrected chi connectivity index (χ4v) is 4.81. The topological polar surface area (TPSA) is 69.0 Å². The lowest BCUT2D eigenvalue weighted by molar-refractivity contribution is 0.0759. The summed E-state index contributed by atoms with van der Waals surface area (Å²) in [6, 6.07) is 17.4. The Labute approximate surface area is 205 Å². The molecule has 7 nitrogen and oxygen atoms in total. The Morgan fingerprint density at radius 1 is 1.03 bits per heavy atom. The van der Waals surface area contributed by atoms with Crippen LogP contribution in [0.15, 0.2) is 73.2 Å². The van der Waals surface area contributed by atoms with E-state index in [1.54, 1.807) is 25.4 Å². The summed E-state index contributed by atoms with van der Waals surface area (Å²) >= 11 is 0. The molecular weight excluding hydrogens is 440 g/mol. The van der Waals surface area contributed by atoms with E-state index in [1.807, 2.05) is 46.1 Å². The lowest BCUT2D eigenvalue weighted by Crippen LogP contribution is -2.32. The summed E-state index contributed by atoms with van der Waals surface area (Å²) in [6.07, 6.45) is 9.66. The quantitative estimate of drug-likeness (QED) is 0.388. The Balaban J connectivity index is 1.24. The molecule has 0 aliphatic carbocycles. The van der Waals surface area contributed by atoms with E-state index in [0.717, 1.165) is 44.5 Å². The Kier molecular flexibility index (Phi) is 6.93. The maximum Gasteiger partial charge on any atom is 0.253 e. The van der Waals surface area contributed by atoms with E-state index in [2.05, 4.69) is 28.3 Å². The molecule has 35 heavy (non-hydrogen) atoms. The van der Waals surface area contributed by atoms with Crippen molar-refractivity contribution >= 4 is 11.4 Å². The molecule has 4 aromatic rings. The van der Waals surface area contributed by atoms with Gasteiger partial charge in [-0.1, -0.05) is 12.1 Å². The highest BCUT2D eigenvalue weighted by atomic mass is 16.5. The van der Waals surface area contributed by atoms with E-state index in [4.69, 9.17) is 9.47 Å². The van der Waals surface area contributed by atoms with Gasteiger partial charge in [-0.25, -0.2) is 4.52 Å². The second kappa shape index (κ2) is 10.6. The lowest BCUT2D eigenvalue weighted by atomic mass is 9.92. The Morgan fingerprint density at radius 2 is 1.97 bits per heavy atom. The second-order valence-corrected chi connectivity index (χ2v) is 8.96. The van der Waals surface area contributed by atoms with Gasteiger partial charge in [0.2, 0.25) is 0 Å². The molecule has 0 radical (unpaired) electrons. The van der Waals surface area contributed by atoms with Crippen LogP contribution in [0.2, 0.25) is 0 Å². The molecule has 0 N–H and O–H groups in total. The summed E-state index contributed by atoms with van der Waals surface area (Å²) in [5.41, 5.74) is 3.92. The molecule has 0 spiro atoms. The molecule has 1 unspecified atom stereocenters. The molecule has 5 rings (SSSR count). The van der Waals surface area contributed by atoms with Crippen molar-refractivity contribution in [1.82, 2.24) is 19.5 Å². The molecule has 1 fully saturated rings. The number of aromatic nitrogens is 3. The molecule has 1 aliphatic heterocycles. The maximum absolute atomic E-state index is 13.4. The summed E-state index contributed by atoms with van der Waals surface area (Å²) in [4.78, 5) is 19.7. The number of methoxy groups -OCH3 is 1. The third-order valence-corrected chi connectivity index (χ3v) is 6.68. The normalized spacial score (nSPS) is 16.1. The van der Waals surface area contributed by atoms with Gasteiger partial charge in [-0.05, 0) is 79.6 Å². The predicted molar refractivity (Wildman–Crippen MR) is 134 cm³/mol. The number of pyridine rings is 2. The van der Waals surface area contributed by atoms with Crippen LogP contribution in [0.3, 0.4) is 0 Å². The van der Waals surface area contributed by atoms with Gasteiger partial charge in [0.05, 0.1) is 18.3 Å². The van der Waals surface area contributed by atoms with Gasteiger partial charge < -0.3 is 14.4 Å². The van der Waals surface area contributed by atoms with Crippen molar-refractivity contribution in [3.05, 3.63) is 90.0 Å². The summed E-state index contributed by atoms with van der Waals surface area (Å²) in [5.74, 6) is 1.73. The zero-order chi connectivity index (χ0) is 24.0. The smallest absolute Gasteiger partial charge is 0.253 e. The maximum atomic E-state index is 13.4. The van der Waals surface area contributed by atoms with Crippen LogP contribution in [0.4, 0.5) is 0 Å². The van der Waals surface area contributed by atoms with E-state index < -0.39 is 0 Å². The first-order valence-electron chi connectivity index (χ1n) is 12.1. The highest BCUT2D eigenvalue weighted by Gasteiger charge is 2.23. The van der Waals surface area contributed by atoms with Crippen LogP contribution in [-0.2, 0) is 13.0 Å². The highest BCUT2D eigenvalue weighted by Crippen LogP contribution is 2.30. The number of likely N-dealkylation sites (tertiary alicyclic amines) is 1. The molecule has 1 atom stereocenters. The van der Waals surface area contributed by atoms with Crippen molar-refractivity contribution < 1.29 is 14.3 Å². The lowest BCUT2D eigenvalue weighted by Gasteiger charge is -2.21. The molecule has 1 aromatic carbocycles. The minimum Gasteiger partial charge on any atom is -0.493 e. The van der Waals surface area contributed by atoms with Gasteiger partial charge in [-0.3, -0.25) is 9.78 Å². The van der Waals surface area contributed by atoms with Gasteiger partial charge in [0.1, 0.15) is 6.61 Å². The minimum atomic E-state index is 0.0360. The highest BCUT2D eigenvalue weighted by molar-refractivity contribution is 5.95. The third kappa shape index (κ3) is 5.29. The molecule has 7 heteroatoms. The van der Waals surface area contributed by atoms with E-state index in [0.29, 0.717) is 29.6 Å². The SMILES string of the molecule is COc1ccc(C(=O)N2CCCC(Cc3cccn4nccc34)CC2)cc1OCc1ccccn1. The van der Waals surface area contributed by atoms with E-state index in [9.17, 15) is 4.79 Å². The minimum absolute atomic E-state index is 0.0360. The fourth-order valence-electron chi connectivity index (χ4n) is 4.81. The molecule has 3 aromatic heterocycles. The van der Waals surface area contributed by atoms with Crippen LogP contribution in [0, 0.1) is 5.92 Å². The summed E-state index contributed by atoms with van der Waals surface area (Å²) in [6.45, 7) is 1.83. The number of carbonyl (C=O) groups excluding carboxylic acids is 1. The van der Waals surface area contributed by atoms with Gasteiger partial charge >= 0.3 is 0 Å². The average Bonchev–Trinajstić information content (AvgIpc) is 3.27. The van der Waals surface area contributed by atoms with Crippen LogP contribution in [0.25, 0.3) is 5.52 Å². The van der Waals surface area contributed by atoms with Crippen LogP contribution in [0.1, 0.15) is 40.9 Å². The van der Waals surface area contributed by atoms with E-state index >= 15 is 0 Å². The number of fused-ring (bicyclic) bond motifs is 1. The fraction of sp³-hybridized carbons (Fsp3) is 0.321. The van der Waals surface area contributed by atoms with Crippen molar-refractivity contribution in [3.63, 3.8) is 0 Å². The summed E-state index contributed by atoms with van der Waals surface area (Å²) in [7, 11) is 1.60. The monoisotopic (exact) mass is 470 g/mol. The van der Waals surface area contributed by atoms with Gasteiger partial charge in [0, 0.05) is 37.2 Å². The van der Waals surface area contributed by atoms with E-state index in [1.165, 1.54) is 11.1 Å². The first-order chi connectivity index (χ1) is 17.2. The molecule has 0 saturated carbocycles. The van der Waals surface area contributed by atoms with Gasteiger partial charge in [0.15, 0.2) is 11.5 Å². The van der Waals surface area contributed by atoms with Crippen LogP contribution in [-0.4, -0.2) is 45.6 Å². The standard InChI is InChI=1S/C28H30N4O3/c1-34-26-10-9-23(19-27(26)35-20-24-8-2-3-13-29-24)28(33)31-15-4-6-21(12-17-31)18-22-7-5-16-32-25(22)11-14-30-32/h2-3,5,7-11,13-14,16,19,21H,4,6,12,15,17-18,20H2,1H3. The molecule has 1 saturated heterocycles. The number of rotatable bonds is 7. The molecule has 4 heterocycles. The number of ether oxygens (including phenoxy) is 2. The van der Waals surface area contributed by atoms with Gasteiger partial charge in [0.25, 0.3) is 5.91 Å². The number of hydrogen-bond acceptors (Lipinski definition) is 5. The number of amides is 1. The average molecular weight is 471 g/mol. The summed E-state index contributed by atoms with van der Waals surface area (Å²) < 4.78 is 13.3. The third-order valence-electron chi connectivity index (χ3n) is 6.68. The van der Waals surface area contributed by atoms with Crippen LogP contribution < -0.4 is 9.47 Å². The number of hydrogen-bond donors (Lipinski definition) is 0. The van der Waals surface area contributed by atoms with Crippen LogP contribution in [0.5, 0.6) is 11.5 Å². The van der Waals surface area contributed by atoms with Crippen molar-refractivity contribution in [3.8, 4) is 11.5 Å². The van der Waals surface area contributed by atoms with E-state index in [-0.39, 0.29) is 5.91 Å². The molecule has 0 bridgehead atoms. The first-order valence-corrected chi connectivity index (χ1v) is 12.1. The van der Waals surface area contributed by atoms with Crippen molar-refractivity contribution in [2.45, 2.75) is 32.3 Å². The molecule has 1 aliphatic rings. The Hall–Kier alpha value is -3.87. The summed E-state index contributed by atoms with van der Waals surface area (Å²) in [5, 5.41) is 4.35. The van der Waals surface area contributed by atoms with Crippen molar-refractivity contribution in [2.75, 3.05) is 20.2 Å². The second-order valence-electron chi connectivity index (χ2n) is 8.96. The molecular formula is C28H30N4O3. The number of carbonyl (C=O) groups is 1. The number of benzene rings is 1. The molecule has 180 valence electrons. The number of nitrogens with zero attached hydrogens (tertiary/aromatic N) is 4. The Bertz CT molecular complexity index is 1290. The van der Waals surface area contributed by atoms with Crippen molar-refractivity contribution in [1.29, 1.82) is 0 Å². The van der Waals surface area contributed by atoms with Gasteiger partial charge in [-0.15, -0.1) is 0 Å². The zero-order valence-corrected chi connectivity index (χ0v) is 20.0. The first kappa shape index (κ1) is 22.9. The largest absolute Gasteiger partial charge is 0.493 e. The Morgan fingerprint density at radius 3 is 2.83 bits per heavy atom.